The lowest BCUT2D eigenvalue weighted by Crippen LogP contribution is -2.32. The Bertz CT molecular complexity index is 900. The zero-order valence-electron chi connectivity index (χ0n) is 13.7. The Kier molecular flexibility index (Phi) is 4.75. The fourth-order valence-electron chi connectivity index (χ4n) is 2.80. The number of nitrogens with zero attached hydrogens (tertiary/aromatic N) is 1. The second-order valence-corrected chi connectivity index (χ2v) is 5.74. The molecule has 0 saturated carbocycles. The Morgan fingerprint density at radius 3 is 2.50 bits per heavy atom. The predicted octanol–water partition coefficient (Wildman–Crippen LogP) is 3.98. The number of rotatable bonds is 5. The van der Waals surface area contributed by atoms with Gasteiger partial charge in [0.2, 0.25) is 5.56 Å². The van der Waals surface area contributed by atoms with E-state index >= 15 is 0 Å². The number of unbranched alkanes of at least 4 members (excludes halogenated alkanes) is 1. The topological polar surface area (TPSA) is 53.2 Å². The Morgan fingerprint density at radius 2 is 1.75 bits per heavy atom. The summed E-state index contributed by atoms with van der Waals surface area (Å²) < 4.78 is 0. The highest BCUT2D eigenvalue weighted by Crippen LogP contribution is 2.21. The van der Waals surface area contributed by atoms with Crippen molar-refractivity contribution in [1.29, 1.82) is 0 Å². The van der Waals surface area contributed by atoms with Crippen molar-refractivity contribution in [3.8, 4) is 0 Å². The number of amides is 1. The predicted molar refractivity (Wildman–Crippen MR) is 97.6 cm³/mol. The molecule has 0 aliphatic heterocycles. The number of fused-ring (bicyclic) bond motifs is 1. The Labute approximate surface area is 140 Å². The minimum absolute atomic E-state index is 0.142. The van der Waals surface area contributed by atoms with E-state index in [0.29, 0.717) is 17.6 Å². The van der Waals surface area contributed by atoms with E-state index in [1.165, 1.54) is 6.07 Å². The molecule has 0 fully saturated rings. The first-order chi connectivity index (χ1) is 11.7. The normalized spacial score (nSPS) is 10.7. The Balaban J connectivity index is 2.09. The van der Waals surface area contributed by atoms with Crippen LogP contribution in [-0.2, 0) is 0 Å². The van der Waals surface area contributed by atoms with Gasteiger partial charge in [-0.1, -0.05) is 49.7 Å². The third kappa shape index (κ3) is 3.23. The summed E-state index contributed by atoms with van der Waals surface area (Å²) in [6.45, 7) is 2.72. The van der Waals surface area contributed by atoms with E-state index in [1.54, 1.807) is 4.90 Å². The van der Waals surface area contributed by atoms with Crippen LogP contribution in [0.15, 0.2) is 65.5 Å². The number of para-hydroxylation sites is 2. The number of aromatic amines is 1. The van der Waals surface area contributed by atoms with E-state index in [0.717, 1.165) is 23.9 Å². The summed E-state index contributed by atoms with van der Waals surface area (Å²) in [7, 11) is 0. The number of anilines is 1. The summed E-state index contributed by atoms with van der Waals surface area (Å²) in [6, 6.07) is 18.4. The molecule has 3 rings (SSSR count). The van der Waals surface area contributed by atoms with Crippen molar-refractivity contribution in [2.45, 2.75) is 19.8 Å². The summed E-state index contributed by atoms with van der Waals surface area (Å²) in [4.78, 5) is 29.7. The minimum atomic E-state index is -0.263. The number of benzene rings is 2. The van der Waals surface area contributed by atoms with Gasteiger partial charge in [0.15, 0.2) is 0 Å². The third-order valence-electron chi connectivity index (χ3n) is 4.03. The molecule has 0 saturated heterocycles. The molecule has 1 heterocycles. The van der Waals surface area contributed by atoms with Gasteiger partial charge < -0.3 is 9.88 Å². The van der Waals surface area contributed by atoms with Crippen LogP contribution in [0.5, 0.6) is 0 Å². The fourth-order valence-corrected chi connectivity index (χ4v) is 2.80. The van der Waals surface area contributed by atoms with Gasteiger partial charge in [-0.25, -0.2) is 0 Å². The van der Waals surface area contributed by atoms with Gasteiger partial charge in [-0.05, 0) is 24.6 Å². The second kappa shape index (κ2) is 7.13. The monoisotopic (exact) mass is 320 g/mol. The Hall–Kier alpha value is -2.88. The van der Waals surface area contributed by atoms with E-state index in [2.05, 4.69) is 11.9 Å². The fraction of sp³-hybridized carbons (Fsp3) is 0.200. The second-order valence-electron chi connectivity index (χ2n) is 5.74. The highest BCUT2D eigenvalue weighted by Gasteiger charge is 2.20. The van der Waals surface area contributed by atoms with Crippen LogP contribution in [0.3, 0.4) is 0 Å². The summed E-state index contributed by atoms with van der Waals surface area (Å²) in [5, 5.41) is 0.763. The SMILES string of the molecule is CCCCN(C(=O)c1cc(=O)[nH]c2ccccc12)c1ccccc1. The Morgan fingerprint density at radius 1 is 1.04 bits per heavy atom. The molecule has 0 spiro atoms. The summed E-state index contributed by atoms with van der Waals surface area (Å²) in [5.74, 6) is -0.142. The van der Waals surface area contributed by atoms with Gasteiger partial charge in [0.1, 0.15) is 0 Å². The van der Waals surface area contributed by atoms with Crippen molar-refractivity contribution in [2.24, 2.45) is 0 Å². The molecule has 1 amide bonds. The number of carbonyl (C=O) groups excluding carboxylic acids is 1. The summed E-state index contributed by atoms with van der Waals surface area (Å²) in [5.41, 5.74) is 1.70. The lowest BCUT2D eigenvalue weighted by Gasteiger charge is -2.23. The summed E-state index contributed by atoms with van der Waals surface area (Å²) in [6.07, 6.45) is 1.90. The average molecular weight is 320 g/mol. The molecule has 0 aliphatic rings. The maximum Gasteiger partial charge on any atom is 0.259 e. The molecule has 122 valence electrons. The quantitative estimate of drug-likeness (QED) is 0.773. The van der Waals surface area contributed by atoms with Crippen LogP contribution in [0.25, 0.3) is 10.9 Å². The van der Waals surface area contributed by atoms with Crippen molar-refractivity contribution in [1.82, 2.24) is 4.98 Å². The number of aromatic nitrogens is 1. The van der Waals surface area contributed by atoms with Crippen molar-refractivity contribution in [2.75, 3.05) is 11.4 Å². The van der Waals surface area contributed by atoms with E-state index in [1.807, 2.05) is 54.6 Å². The van der Waals surface area contributed by atoms with Crippen molar-refractivity contribution in [3.63, 3.8) is 0 Å². The number of hydrogen-bond donors (Lipinski definition) is 1. The minimum Gasteiger partial charge on any atom is -0.322 e. The van der Waals surface area contributed by atoms with Crippen LogP contribution in [0.1, 0.15) is 30.1 Å². The van der Waals surface area contributed by atoms with Crippen molar-refractivity contribution >= 4 is 22.5 Å². The number of hydrogen-bond acceptors (Lipinski definition) is 2. The first-order valence-corrected chi connectivity index (χ1v) is 8.19. The van der Waals surface area contributed by atoms with E-state index in [-0.39, 0.29) is 11.5 Å². The van der Waals surface area contributed by atoms with Crippen molar-refractivity contribution < 1.29 is 4.79 Å². The molecule has 3 aromatic rings. The molecule has 0 radical (unpaired) electrons. The maximum absolute atomic E-state index is 13.2. The molecule has 4 heteroatoms. The number of nitrogens with one attached hydrogen (secondary N) is 1. The van der Waals surface area contributed by atoms with Crippen LogP contribution >= 0.6 is 0 Å². The van der Waals surface area contributed by atoms with Crippen LogP contribution in [-0.4, -0.2) is 17.4 Å². The van der Waals surface area contributed by atoms with Gasteiger partial charge >= 0.3 is 0 Å². The molecule has 2 aromatic carbocycles. The highest BCUT2D eigenvalue weighted by molar-refractivity contribution is 6.13. The van der Waals surface area contributed by atoms with E-state index in [9.17, 15) is 9.59 Å². The van der Waals surface area contributed by atoms with Crippen LogP contribution in [0.2, 0.25) is 0 Å². The maximum atomic E-state index is 13.2. The number of pyridine rings is 1. The first-order valence-electron chi connectivity index (χ1n) is 8.19. The first kappa shape index (κ1) is 16.0. The van der Waals surface area contributed by atoms with E-state index in [4.69, 9.17) is 0 Å². The lowest BCUT2D eigenvalue weighted by atomic mass is 10.1. The third-order valence-corrected chi connectivity index (χ3v) is 4.03. The molecule has 0 atom stereocenters. The van der Waals surface area contributed by atoms with Gasteiger partial charge in [-0.2, -0.15) is 0 Å². The molecule has 0 bridgehead atoms. The van der Waals surface area contributed by atoms with E-state index < -0.39 is 0 Å². The smallest absolute Gasteiger partial charge is 0.259 e. The number of carbonyl (C=O) groups is 1. The molecular weight excluding hydrogens is 300 g/mol. The van der Waals surface area contributed by atoms with Gasteiger partial charge in [-0.15, -0.1) is 0 Å². The van der Waals surface area contributed by atoms with Crippen molar-refractivity contribution in [3.05, 3.63) is 76.6 Å². The highest BCUT2D eigenvalue weighted by atomic mass is 16.2. The van der Waals surface area contributed by atoms with Gasteiger partial charge in [0.05, 0.1) is 5.56 Å². The largest absolute Gasteiger partial charge is 0.322 e. The average Bonchev–Trinajstić information content (AvgIpc) is 2.62. The molecule has 1 aromatic heterocycles. The summed E-state index contributed by atoms with van der Waals surface area (Å²) >= 11 is 0. The molecule has 4 nitrogen and oxygen atoms in total. The molecular formula is C20H20N2O2. The lowest BCUT2D eigenvalue weighted by molar-refractivity contribution is 0.0988. The zero-order valence-corrected chi connectivity index (χ0v) is 13.7. The number of H-pyrrole nitrogens is 1. The molecule has 0 unspecified atom stereocenters. The standard InChI is InChI=1S/C20H20N2O2/c1-2-3-13-22(15-9-5-4-6-10-15)20(24)17-14-19(23)21-18-12-8-7-11-16(17)18/h4-12,14H,2-3,13H2,1H3,(H,21,23). The molecule has 0 aliphatic carbocycles. The van der Waals surface area contributed by atoms with Crippen LogP contribution < -0.4 is 10.5 Å². The van der Waals surface area contributed by atoms with Gasteiger partial charge in [0, 0.05) is 29.2 Å². The molecule has 24 heavy (non-hydrogen) atoms. The zero-order chi connectivity index (χ0) is 16.9. The van der Waals surface area contributed by atoms with Gasteiger partial charge in [0.25, 0.3) is 5.91 Å². The van der Waals surface area contributed by atoms with Crippen LogP contribution in [0.4, 0.5) is 5.69 Å². The molecule has 1 N–H and O–H groups in total. The van der Waals surface area contributed by atoms with Gasteiger partial charge in [-0.3, -0.25) is 9.59 Å². The van der Waals surface area contributed by atoms with Crippen LogP contribution in [0, 0.1) is 0 Å².